The molecule has 2 aromatic carbocycles. The molecular weight excluding hydrogens is 308 g/mol. The maximum Gasteiger partial charge on any atom is 0.303 e. The molecule has 0 saturated carbocycles. The summed E-state index contributed by atoms with van der Waals surface area (Å²) in [7, 11) is 0. The molecule has 3 rings (SSSR count). The van der Waals surface area contributed by atoms with Gasteiger partial charge >= 0.3 is 5.97 Å². The molecule has 1 aliphatic rings. The third-order valence-electron chi connectivity index (χ3n) is 3.76. The number of carbonyl (C=O) groups is 1. The molecular formula is C19H20O5. The van der Waals surface area contributed by atoms with Crippen LogP contribution in [-0.4, -0.2) is 30.4 Å². The van der Waals surface area contributed by atoms with Gasteiger partial charge in [0.15, 0.2) is 17.6 Å². The molecule has 2 aromatic rings. The van der Waals surface area contributed by atoms with Crippen LogP contribution in [0.1, 0.15) is 18.4 Å². The van der Waals surface area contributed by atoms with E-state index in [9.17, 15) is 4.79 Å². The highest BCUT2D eigenvalue weighted by Gasteiger charge is 2.21. The Kier molecular flexibility index (Phi) is 5.21. The minimum absolute atomic E-state index is 0.157. The summed E-state index contributed by atoms with van der Waals surface area (Å²) < 4.78 is 17.3. The molecule has 0 fully saturated rings. The molecule has 0 aliphatic carbocycles. The van der Waals surface area contributed by atoms with Crippen LogP contribution in [0, 0.1) is 0 Å². The Bertz CT molecular complexity index is 698. The standard InChI is InChI=1S/C19H20O5/c20-19(21)10-4-6-14-5-3-7-15(11-14)22-12-16-13-23-17-8-1-2-9-18(17)24-16/h1-3,5,7-9,11,16H,4,6,10,12-13H2,(H,20,21). The van der Waals surface area contributed by atoms with Crippen LogP contribution in [0.25, 0.3) is 0 Å². The number of rotatable bonds is 7. The number of aryl methyl sites for hydroxylation is 1. The second-order valence-electron chi connectivity index (χ2n) is 5.70. The first-order valence-corrected chi connectivity index (χ1v) is 8.03. The first kappa shape index (κ1) is 16.2. The van der Waals surface area contributed by atoms with Gasteiger partial charge < -0.3 is 19.3 Å². The molecule has 1 heterocycles. The van der Waals surface area contributed by atoms with Crippen LogP contribution in [0.3, 0.4) is 0 Å². The summed E-state index contributed by atoms with van der Waals surface area (Å²) in [5, 5.41) is 8.69. The molecule has 0 saturated heterocycles. The normalized spacial score (nSPS) is 15.8. The van der Waals surface area contributed by atoms with E-state index >= 15 is 0 Å². The van der Waals surface area contributed by atoms with E-state index in [4.69, 9.17) is 19.3 Å². The van der Waals surface area contributed by atoms with Crippen molar-refractivity contribution in [2.75, 3.05) is 13.2 Å². The van der Waals surface area contributed by atoms with Crippen molar-refractivity contribution in [3.63, 3.8) is 0 Å². The van der Waals surface area contributed by atoms with Crippen LogP contribution in [0.4, 0.5) is 0 Å². The van der Waals surface area contributed by atoms with Gasteiger partial charge in [0.05, 0.1) is 0 Å². The Morgan fingerprint density at radius 3 is 2.83 bits per heavy atom. The van der Waals surface area contributed by atoms with E-state index in [2.05, 4.69) is 0 Å². The maximum absolute atomic E-state index is 10.6. The summed E-state index contributed by atoms with van der Waals surface area (Å²) in [5.41, 5.74) is 1.07. The van der Waals surface area contributed by atoms with Crippen molar-refractivity contribution in [2.24, 2.45) is 0 Å². The molecule has 1 aliphatic heterocycles. The molecule has 0 amide bonds. The van der Waals surface area contributed by atoms with E-state index in [0.29, 0.717) is 19.6 Å². The van der Waals surface area contributed by atoms with Crippen molar-refractivity contribution >= 4 is 5.97 Å². The monoisotopic (exact) mass is 328 g/mol. The highest BCUT2D eigenvalue weighted by molar-refractivity contribution is 5.66. The quantitative estimate of drug-likeness (QED) is 0.845. The molecule has 1 atom stereocenters. The predicted molar refractivity (Wildman–Crippen MR) is 88.9 cm³/mol. The fourth-order valence-corrected chi connectivity index (χ4v) is 2.57. The Labute approximate surface area is 140 Å². The van der Waals surface area contributed by atoms with E-state index < -0.39 is 5.97 Å². The van der Waals surface area contributed by atoms with Gasteiger partial charge in [-0.3, -0.25) is 4.79 Å². The number of carboxylic acids is 1. The van der Waals surface area contributed by atoms with Gasteiger partial charge in [-0.2, -0.15) is 0 Å². The zero-order chi connectivity index (χ0) is 16.8. The fraction of sp³-hybridized carbons (Fsp3) is 0.316. The first-order valence-electron chi connectivity index (χ1n) is 8.03. The van der Waals surface area contributed by atoms with Crippen LogP contribution in [0.2, 0.25) is 0 Å². The summed E-state index contributed by atoms with van der Waals surface area (Å²) in [5.74, 6) is 1.48. The number of ether oxygens (including phenoxy) is 3. The first-order chi connectivity index (χ1) is 11.7. The Balaban J connectivity index is 1.51. The van der Waals surface area contributed by atoms with Gasteiger partial charge in [0, 0.05) is 6.42 Å². The van der Waals surface area contributed by atoms with Gasteiger partial charge in [0.1, 0.15) is 19.0 Å². The number of carboxylic acid groups (broad SMARTS) is 1. The molecule has 126 valence electrons. The molecule has 24 heavy (non-hydrogen) atoms. The van der Waals surface area contributed by atoms with Crippen LogP contribution in [0.5, 0.6) is 17.2 Å². The second kappa shape index (κ2) is 7.73. The van der Waals surface area contributed by atoms with E-state index in [-0.39, 0.29) is 12.5 Å². The smallest absolute Gasteiger partial charge is 0.303 e. The molecule has 0 spiro atoms. The van der Waals surface area contributed by atoms with Gasteiger partial charge in [-0.25, -0.2) is 0 Å². The second-order valence-corrected chi connectivity index (χ2v) is 5.70. The summed E-state index contributed by atoms with van der Waals surface area (Å²) in [4.78, 5) is 10.6. The maximum atomic E-state index is 10.6. The fourth-order valence-electron chi connectivity index (χ4n) is 2.57. The predicted octanol–water partition coefficient (Wildman–Crippen LogP) is 3.31. The van der Waals surface area contributed by atoms with Gasteiger partial charge in [-0.1, -0.05) is 24.3 Å². The number of para-hydroxylation sites is 2. The molecule has 5 heteroatoms. The summed E-state index contributed by atoms with van der Waals surface area (Å²) >= 11 is 0. The minimum atomic E-state index is -0.767. The molecule has 0 radical (unpaired) electrons. The zero-order valence-electron chi connectivity index (χ0n) is 13.3. The lowest BCUT2D eigenvalue weighted by molar-refractivity contribution is -0.137. The zero-order valence-corrected chi connectivity index (χ0v) is 13.3. The number of aliphatic carboxylic acids is 1. The van der Waals surface area contributed by atoms with Crippen LogP contribution in [-0.2, 0) is 11.2 Å². The van der Waals surface area contributed by atoms with Crippen molar-refractivity contribution in [3.8, 4) is 17.2 Å². The van der Waals surface area contributed by atoms with Crippen molar-refractivity contribution in [2.45, 2.75) is 25.4 Å². The average Bonchev–Trinajstić information content (AvgIpc) is 2.60. The highest BCUT2D eigenvalue weighted by Crippen LogP contribution is 2.31. The molecule has 5 nitrogen and oxygen atoms in total. The van der Waals surface area contributed by atoms with Gasteiger partial charge in [0.25, 0.3) is 0 Å². The number of benzene rings is 2. The average molecular weight is 328 g/mol. The molecule has 1 N–H and O–H groups in total. The largest absolute Gasteiger partial charge is 0.490 e. The lowest BCUT2D eigenvalue weighted by atomic mass is 10.1. The number of fused-ring (bicyclic) bond motifs is 1. The van der Waals surface area contributed by atoms with Crippen LogP contribution in [0.15, 0.2) is 48.5 Å². The summed E-state index contributed by atoms with van der Waals surface area (Å²) in [6.45, 7) is 0.849. The van der Waals surface area contributed by atoms with Gasteiger partial charge in [0.2, 0.25) is 0 Å². The van der Waals surface area contributed by atoms with Crippen molar-refractivity contribution < 1.29 is 24.1 Å². The van der Waals surface area contributed by atoms with Crippen molar-refractivity contribution in [1.29, 1.82) is 0 Å². The van der Waals surface area contributed by atoms with Gasteiger partial charge in [-0.15, -0.1) is 0 Å². The summed E-state index contributed by atoms with van der Waals surface area (Å²) in [6, 6.07) is 15.3. The third-order valence-corrected chi connectivity index (χ3v) is 3.76. The lowest BCUT2D eigenvalue weighted by Crippen LogP contribution is -2.34. The lowest BCUT2D eigenvalue weighted by Gasteiger charge is -2.26. The third kappa shape index (κ3) is 4.41. The van der Waals surface area contributed by atoms with E-state index in [1.54, 1.807) is 0 Å². The van der Waals surface area contributed by atoms with Crippen molar-refractivity contribution in [3.05, 3.63) is 54.1 Å². The van der Waals surface area contributed by atoms with Crippen LogP contribution >= 0.6 is 0 Å². The molecule has 0 aromatic heterocycles. The Hall–Kier alpha value is -2.69. The molecule has 1 unspecified atom stereocenters. The van der Waals surface area contributed by atoms with Crippen molar-refractivity contribution in [1.82, 2.24) is 0 Å². The SMILES string of the molecule is O=C(O)CCCc1cccc(OCC2COc3ccccc3O2)c1. The minimum Gasteiger partial charge on any atom is -0.490 e. The topological polar surface area (TPSA) is 65.0 Å². The molecule has 0 bridgehead atoms. The number of hydrogen-bond donors (Lipinski definition) is 1. The number of hydrogen-bond acceptors (Lipinski definition) is 4. The van der Waals surface area contributed by atoms with E-state index in [1.807, 2.05) is 48.5 Å². The summed E-state index contributed by atoms with van der Waals surface area (Å²) in [6.07, 6.45) is 1.36. The Morgan fingerprint density at radius 1 is 1.17 bits per heavy atom. The van der Waals surface area contributed by atoms with Crippen LogP contribution < -0.4 is 14.2 Å². The van der Waals surface area contributed by atoms with E-state index in [0.717, 1.165) is 29.2 Å². The Morgan fingerprint density at radius 2 is 2.00 bits per heavy atom. The van der Waals surface area contributed by atoms with E-state index in [1.165, 1.54) is 0 Å². The highest BCUT2D eigenvalue weighted by atomic mass is 16.6. The van der Waals surface area contributed by atoms with Gasteiger partial charge in [-0.05, 0) is 42.7 Å².